The molecule has 19 heavy (non-hydrogen) atoms. The Kier molecular flexibility index (Phi) is 3.40. The summed E-state index contributed by atoms with van der Waals surface area (Å²) in [5, 5.41) is 10.2. The molecule has 1 fully saturated rings. The first-order chi connectivity index (χ1) is 9.22. The van der Waals surface area contributed by atoms with Crippen molar-refractivity contribution in [3.63, 3.8) is 0 Å². The zero-order valence-corrected chi connectivity index (χ0v) is 10.6. The second-order valence-electron chi connectivity index (χ2n) is 5.00. The minimum absolute atomic E-state index is 0.281. The van der Waals surface area contributed by atoms with Gasteiger partial charge in [-0.05, 0) is 43.4 Å². The Hall–Kier alpha value is -1.59. The van der Waals surface area contributed by atoms with Crippen molar-refractivity contribution >= 4 is 11.1 Å². The SMILES string of the molecule is O=c1[nH]c2ccc(C(O)CCC3CCCO3)cc2o1. The van der Waals surface area contributed by atoms with Crippen LogP contribution >= 0.6 is 0 Å². The van der Waals surface area contributed by atoms with Gasteiger partial charge in [0.25, 0.3) is 0 Å². The lowest BCUT2D eigenvalue weighted by molar-refractivity contribution is 0.0812. The fraction of sp³-hybridized carbons (Fsp3) is 0.500. The lowest BCUT2D eigenvalue weighted by atomic mass is 10.0. The van der Waals surface area contributed by atoms with E-state index in [2.05, 4.69) is 4.98 Å². The molecule has 5 heteroatoms. The van der Waals surface area contributed by atoms with Crippen LogP contribution in [-0.4, -0.2) is 22.8 Å². The van der Waals surface area contributed by atoms with Gasteiger partial charge in [-0.3, -0.25) is 4.98 Å². The zero-order valence-electron chi connectivity index (χ0n) is 10.6. The molecule has 102 valence electrons. The molecule has 3 rings (SSSR count). The minimum atomic E-state index is -0.547. The van der Waals surface area contributed by atoms with Crippen molar-refractivity contribution in [3.8, 4) is 0 Å². The van der Waals surface area contributed by atoms with Crippen molar-refractivity contribution in [2.75, 3.05) is 6.61 Å². The summed E-state index contributed by atoms with van der Waals surface area (Å²) in [5.74, 6) is -0.471. The van der Waals surface area contributed by atoms with Gasteiger partial charge in [0.1, 0.15) is 0 Å². The molecule has 2 aromatic rings. The molecule has 5 nitrogen and oxygen atoms in total. The van der Waals surface area contributed by atoms with Gasteiger partial charge >= 0.3 is 5.76 Å². The lowest BCUT2D eigenvalue weighted by Crippen LogP contribution is -2.07. The van der Waals surface area contributed by atoms with Gasteiger partial charge in [-0.25, -0.2) is 4.79 Å². The van der Waals surface area contributed by atoms with E-state index in [1.807, 2.05) is 6.07 Å². The van der Waals surface area contributed by atoms with E-state index < -0.39 is 11.9 Å². The third-order valence-electron chi connectivity index (χ3n) is 3.62. The van der Waals surface area contributed by atoms with Crippen LogP contribution < -0.4 is 5.76 Å². The number of nitrogens with one attached hydrogen (secondary N) is 1. The number of aromatic nitrogens is 1. The van der Waals surface area contributed by atoms with Crippen LogP contribution in [0.25, 0.3) is 11.1 Å². The number of H-pyrrole nitrogens is 1. The van der Waals surface area contributed by atoms with Crippen molar-refractivity contribution in [3.05, 3.63) is 34.3 Å². The summed E-state index contributed by atoms with van der Waals surface area (Å²) in [4.78, 5) is 13.6. The molecule has 1 saturated heterocycles. The molecular weight excluding hydrogens is 246 g/mol. The van der Waals surface area contributed by atoms with Gasteiger partial charge in [-0.15, -0.1) is 0 Å². The maximum atomic E-state index is 11.1. The Labute approximate surface area is 110 Å². The maximum absolute atomic E-state index is 11.1. The molecule has 0 amide bonds. The van der Waals surface area contributed by atoms with E-state index in [1.165, 1.54) is 0 Å². The number of rotatable bonds is 4. The molecule has 0 saturated carbocycles. The van der Waals surface area contributed by atoms with Crippen LogP contribution in [-0.2, 0) is 4.74 Å². The summed E-state index contributed by atoms with van der Waals surface area (Å²) in [7, 11) is 0. The van der Waals surface area contributed by atoms with Crippen LogP contribution in [0, 0.1) is 0 Å². The normalized spacial score (nSPS) is 21.0. The standard InChI is InChI=1S/C14H17NO4/c16-12(6-4-10-2-1-7-18-10)9-3-5-11-13(8-9)19-14(17)15-11/h3,5,8,10,12,16H,1-2,4,6-7H2,(H,15,17). The number of fused-ring (bicyclic) bond motifs is 1. The largest absolute Gasteiger partial charge is 0.417 e. The van der Waals surface area contributed by atoms with Gasteiger partial charge in [0.2, 0.25) is 0 Å². The Morgan fingerprint density at radius 2 is 2.37 bits per heavy atom. The molecule has 2 atom stereocenters. The molecule has 0 bridgehead atoms. The first-order valence-electron chi connectivity index (χ1n) is 6.65. The number of hydrogen-bond donors (Lipinski definition) is 2. The Morgan fingerprint density at radius 3 is 3.16 bits per heavy atom. The number of aromatic amines is 1. The second-order valence-corrected chi connectivity index (χ2v) is 5.00. The van der Waals surface area contributed by atoms with E-state index in [1.54, 1.807) is 12.1 Å². The molecule has 1 aliphatic heterocycles. The lowest BCUT2D eigenvalue weighted by Gasteiger charge is -2.14. The molecule has 0 aliphatic carbocycles. The number of oxazole rings is 1. The maximum Gasteiger partial charge on any atom is 0.417 e. The third-order valence-corrected chi connectivity index (χ3v) is 3.62. The predicted octanol–water partition coefficient (Wildman–Crippen LogP) is 2.11. The van der Waals surface area contributed by atoms with Gasteiger partial charge in [0.15, 0.2) is 5.58 Å². The molecular formula is C14H17NO4. The molecule has 0 spiro atoms. The number of aliphatic hydroxyl groups excluding tert-OH is 1. The number of aliphatic hydroxyl groups is 1. The fourth-order valence-corrected chi connectivity index (χ4v) is 2.55. The Morgan fingerprint density at radius 1 is 1.47 bits per heavy atom. The number of benzene rings is 1. The van der Waals surface area contributed by atoms with Crippen molar-refractivity contribution < 1.29 is 14.3 Å². The van der Waals surface area contributed by atoms with E-state index in [0.717, 1.165) is 31.4 Å². The van der Waals surface area contributed by atoms with E-state index in [4.69, 9.17) is 9.15 Å². The molecule has 0 radical (unpaired) electrons. The zero-order chi connectivity index (χ0) is 13.2. The highest BCUT2D eigenvalue weighted by Gasteiger charge is 2.18. The Balaban J connectivity index is 1.69. The molecule has 1 aromatic heterocycles. The molecule has 2 heterocycles. The number of hydrogen-bond acceptors (Lipinski definition) is 4. The third kappa shape index (κ3) is 2.72. The van der Waals surface area contributed by atoms with Crippen LogP contribution in [0.1, 0.15) is 37.4 Å². The quantitative estimate of drug-likeness (QED) is 0.885. The van der Waals surface area contributed by atoms with Crippen molar-refractivity contribution in [1.29, 1.82) is 0 Å². The topological polar surface area (TPSA) is 75.5 Å². The van der Waals surface area contributed by atoms with Crippen molar-refractivity contribution in [1.82, 2.24) is 4.98 Å². The summed E-state index contributed by atoms with van der Waals surface area (Å²) < 4.78 is 10.5. The minimum Gasteiger partial charge on any atom is -0.408 e. The summed E-state index contributed by atoms with van der Waals surface area (Å²) in [6.45, 7) is 0.835. The van der Waals surface area contributed by atoms with Crippen LogP contribution in [0.2, 0.25) is 0 Å². The highest BCUT2D eigenvalue weighted by atomic mass is 16.5. The molecule has 1 aliphatic rings. The van der Waals surface area contributed by atoms with Crippen LogP contribution in [0.3, 0.4) is 0 Å². The first-order valence-corrected chi connectivity index (χ1v) is 6.65. The average molecular weight is 263 g/mol. The van der Waals surface area contributed by atoms with Gasteiger partial charge in [-0.1, -0.05) is 6.07 Å². The monoisotopic (exact) mass is 263 g/mol. The number of ether oxygens (including phenoxy) is 1. The summed E-state index contributed by atoms with van der Waals surface area (Å²) in [6, 6.07) is 5.28. The smallest absolute Gasteiger partial charge is 0.408 e. The highest BCUT2D eigenvalue weighted by molar-refractivity contribution is 5.72. The van der Waals surface area contributed by atoms with Gasteiger partial charge in [0, 0.05) is 6.61 Å². The molecule has 2 unspecified atom stereocenters. The average Bonchev–Trinajstić information content (AvgIpc) is 3.02. The fourth-order valence-electron chi connectivity index (χ4n) is 2.55. The van der Waals surface area contributed by atoms with E-state index in [-0.39, 0.29) is 6.10 Å². The van der Waals surface area contributed by atoms with Gasteiger partial charge in [-0.2, -0.15) is 0 Å². The highest BCUT2D eigenvalue weighted by Crippen LogP contribution is 2.25. The van der Waals surface area contributed by atoms with Crippen molar-refractivity contribution in [2.24, 2.45) is 0 Å². The summed E-state index contributed by atoms with van der Waals surface area (Å²) >= 11 is 0. The Bertz CT molecular complexity index is 609. The van der Waals surface area contributed by atoms with Crippen LogP contribution in [0.15, 0.2) is 27.4 Å². The van der Waals surface area contributed by atoms with Crippen LogP contribution in [0.4, 0.5) is 0 Å². The van der Waals surface area contributed by atoms with E-state index >= 15 is 0 Å². The predicted molar refractivity (Wildman–Crippen MR) is 70.0 cm³/mol. The van der Waals surface area contributed by atoms with Gasteiger partial charge < -0.3 is 14.3 Å². The summed E-state index contributed by atoms with van der Waals surface area (Å²) in [6.07, 6.45) is 3.44. The van der Waals surface area contributed by atoms with E-state index in [0.29, 0.717) is 17.5 Å². The van der Waals surface area contributed by atoms with Gasteiger partial charge in [0.05, 0.1) is 17.7 Å². The van der Waals surface area contributed by atoms with Crippen molar-refractivity contribution in [2.45, 2.75) is 37.9 Å². The van der Waals surface area contributed by atoms with E-state index in [9.17, 15) is 9.90 Å². The first kappa shape index (κ1) is 12.4. The van der Waals surface area contributed by atoms with Crippen LogP contribution in [0.5, 0.6) is 0 Å². The molecule has 2 N–H and O–H groups in total. The molecule has 1 aromatic carbocycles. The second kappa shape index (κ2) is 5.19. The summed E-state index contributed by atoms with van der Waals surface area (Å²) in [5.41, 5.74) is 1.91.